The average Bonchev–Trinajstić information content (AvgIpc) is 2.52. The predicted octanol–water partition coefficient (Wildman–Crippen LogP) is 4.46. The minimum absolute atomic E-state index is 0.00356. The van der Waals surface area contributed by atoms with E-state index in [1.807, 2.05) is 6.92 Å². The zero-order valence-electron chi connectivity index (χ0n) is 12.9. The molecule has 0 saturated carbocycles. The first-order valence-corrected chi connectivity index (χ1v) is 8.42. The van der Waals surface area contributed by atoms with Gasteiger partial charge in [0.05, 0.1) is 0 Å². The Kier molecular flexibility index (Phi) is 5.90. The first-order valence-electron chi connectivity index (χ1n) is 7.89. The maximum Gasteiger partial charge on any atom is 0.167 e. The predicted molar refractivity (Wildman–Crippen MR) is 87.0 cm³/mol. The van der Waals surface area contributed by atoms with Gasteiger partial charge in [0, 0.05) is 41.3 Å². The SMILES string of the molecule is CCCC1CC(=O)c2cc(C(=O)CCCCCl)ccc2C1=O. The number of alkyl halides is 1. The number of ketones is 3. The number of carbonyl (C=O) groups is 3. The van der Waals surface area contributed by atoms with Crippen LogP contribution in [-0.2, 0) is 0 Å². The number of carbonyl (C=O) groups excluding carboxylic acids is 3. The van der Waals surface area contributed by atoms with Gasteiger partial charge in [-0.05, 0) is 31.4 Å². The van der Waals surface area contributed by atoms with Crippen molar-refractivity contribution in [3.63, 3.8) is 0 Å². The molecule has 0 aliphatic heterocycles. The van der Waals surface area contributed by atoms with E-state index in [1.165, 1.54) is 0 Å². The van der Waals surface area contributed by atoms with Crippen LogP contribution >= 0.6 is 11.6 Å². The quantitative estimate of drug-likeness (QED) is 0.423. The van der Waals surface area contributed by atoms with Gasteiger partial charge >= 0.3 is 0 Å². The molecule has 1 unspecified atom stereocenters. The Balaban J connectivity index is 2.21. The van der Waals surface area contributed by atoms with Gasteiger partial charge in [-0.1, -0.05) is 19.4 Å². The van der Waals surface area contributed by atoms with Crippen molar-refractivity contribution in [3.05, 3.63) is 34.9 Å². The fourth-order valence-electron chi connectivity index (χ4n) is 2.92. The van der Waals surface area contributed by atoms with Crippen LogP contribution < -0.4 is 0 Å². The Hall–Kier alpha value is -1.48. The van der Waals surface area contributed by atoms with Crippen molar-refractivity contribution in [2.75, 3.05) is 5.88 Å². The molecule has 1 aromatic rings. The number of hydrogen-bond acceptors (Lipinski definition) is 3. The van der Waals surface area contributed by atoms with Crippen molar-refractivity contribution in [2.45, 2.75) is 45.4 Å². The summed E-state index contributed by atoms with van der Waals surface area (Å²) in [7, 11) is 0. The molecule has 2 rings (SSSR count). The van der Waals surface area contributed by atoms with Crippen LogP contribution in [0.5, 0.6) is 0 Å². The molecule has 0 spiro atoms. The van der Waals surface area contributed by atoms with Gasteiger partial charge in [-0.15, -0.1) is 11.6 Å². The average molecular weight is 321 g/mol. The largest absolute Gasteiger partial charge is 0.294 e. The molecule has 3 nitrogen and oxygen atoms in total. The van der Waals surface area contributed by atoms with E-state index in [4.69, 9.17) is 11.6 Å². The molecule has 1 aromatic carbocycles. The Labute approximate surface area is 136 Å². The minimum Gasteiger partial charge on any atom is -0.294 e. The van der Waals surface area contributed by atoms with E-state index in [2.05, 4.69) is 0 Å². The standard InChI is InChI=1S/C18H21ClO3/c1-2-5-13-11-17(21)15-10-12(7-8-14(15)18(13)22)16(20)6-3-4-9-19/h7-8,10,13H,2-6,9,11H2,1H3. The smallest absolute Gasteiger partial charge is 0.167 e. The number of benzene rings is 1. The Morgan fingerprint density at radius 2 is 2.00 bits per heavy atom. The van der Waals surface area contributed by atoms with Gasteiger partial charge in [0.1, 0.15) is 0 Å². The number of unbranched alkanes of at least 4 members (excludes halogenated alkanes) is 1. The third-order valence-electron chi connectivity index (χ3n) is 4.13. The first-order chi connectivity index (χ1) is 10.6. The van der Waals surface area contributed by atoms with Gasteiger partial charge < -0.3 is 0 Å². The third kappa shape index (κ3) is 3.64. The van der Waals surface area contributed by atoms with Gasteiger partial charge in [-0.2, -0.15) is 0 Å². The second kappa shape index (κ2) is 7.68. The lowest BCUT2D eigenvalue weighted by Gasteiger charge is -2.22. The van der Waals surface area contributed by atoms with E-state index in [0.29, 0.717) is 29.0 Å². The molecule has 1 aliphatic rings. The molecule has 1 aliphatic carbocycles. The molecule has 0 fully saturated rings. The van der Waals surface area contributed by atoms with Gasteiger partial charge in [-0.25, -0.2) is 0 Å². The van der Waals surface area contributed by atoms with Crippen molar-refractivity contribution in [2.24, 2.45) is 5.92 Å². The van der Waals surface area contributed by atoms with E-state index >= 15 is 0 Å². The van der Waals surface area contributed by atoms with Crippen LogP contribution in [0.2, 0.25) is 0 Å². The summed E-state index contributed by atoms with van der Waals surface area (Å²) < 4.78 is 0. The van der Waals surface area contributed by atoms with Crippen molar-refractivity contribution in [1.29, 1.82) is 0 Å². The van der Waals surface area contributed by atoms with E-state index in [-0.39, 0.29) is 29.7 Å². The van der Waals surface area contributed by atoms with E-state index in [1.54, 1.807) is 18.2 Å². The Morgan fingerprint density at radius 3 is 2.68 bits per heavy atom. The minimum atomic E-state index is -0.199. The van der Waals surface area contributed by atoms with Crippen LogP contribution in [0.15, 0.2) is 18.2 Å². The Morgan fingerprint density at radius 1 is 1.23 bits per heavy atom. The van der Waals surface area contributed by atoms with Gasteiger partial charge in [0.2, 0.25) is 0 Å². The topological polar surface area (TPSA) is 51.2 Å². The second-order valence-electron chi connectivity index (χ2n) is 5.81. The number of hydrogen-bond donors (Lipinski definition) is 0. The highest BCUT2D eigenvalue weighted by atomic mass is 35.5. The van der Waals surface area contributed by atoms with Gasteiger partial charge in [0.25, 0.3) is 0 Å². The van der Waals surface area contributed by atoms with Crippen molar-refractivity contribution in [1.82, 2.24) is 0 Å². The molecular weight excluding hydrogens is 300 g/mol. The number of fused-ring (bicyclic) bond motifs is 1. The number of Topliss-reactive ketones (excluding diaryl/α,β-unsaturated/α-hetero) is 3. The molecule has 0 aromatic heterocycles. The molecule has 0 saturated heterocycles. The summed E-state index contributed by atoms with van der Waals surface area (Å²) in [6, 6.07) is 4.91. The maximum atomic E-state index is 12.4. The van der Waals surface area contributed by atoms with Crippen LogP contribution in [0, 0.1) is 5.92 Å². The summed E-state index contributed by atoms with van der Waals surface area (Å²) in [6.45, 7) is 2.01. The van der Waals surface area contributed by atoms with Crippen LogP contribution in [0.25, 0.3) is 0 Å². The van der Waals surface area contributed by atoms with Crippen molar-refractivity contribution in [3.8, 4) is 0 Å². The summed E-state index contributed by atoms with van der Waals surface area (Å²) in [4.78, 5) is 36.8. The van der Waals surface area contributed by atoms with Crippen molar-refractivity contribution < 1.29 is 14.4 Å². The highest BCUT2D eigenvalue weighted by molar-refractivity contribution is 6.18. The van der Waals surface area contributed by atoms with Crippen LogP contribution in [0.1, 0.15) is 76.5 Å². The highest BCUT2D eigenvalue weighted by Crippen LogP contribution is 2.29. The molecule has 0 N–H and O–H groups in total. The van der Waals surface area contributed by atoms with Crippen molar-refractivity contribution >= 4 is 29.0 Å². The monoisotopic (exact) mass is 320 g/mol. The summed E-state index contributed by atoms with van der Waals surface area (Å²) in [6.07, 6.45) is 3.86. The fraction of sp³-hybridized carbons (Fsp3) is 0.500. The summed E-state index contributed by atoms with van der Waals surface area (Å²) in [5.41, 5.74) is 1.41. The van der Waals surface area contributed by atoms with Gasteiger partial charge in [-0.3, -0.25) is 14.4 Å². The van der Waals surface area contributed by atoms with Crippen LogP contribution in [-0.4, -0.2) is 23.2 Å². The summed E-state index contributed by atoms with van der Waals surface area (Å²) in [5.74, 6) is 0.365. The van der Waals surface area contributed by atoms with Crippen LogP contribution in [0.3, 0.4) is 0 Å². The third-order valence-corrected chi connectivity index (χ3v) is 4.40. The zero-order valence-corrected chi connectivity index (χ0v) is 13.6. The number of rotatable bonds is 7. The Bertz CT molecular complexity index is 592. The molecule has 0 radical (unpaired) electrons. The summed E-state index contributed by atoms with van der Waals surface area (Å²) >= 11 is 5.61. The van der Waals surface area contributed by atoms with Gasteiger partial charge in [0.15, 0.2) is 17.3 Å². The maximum absolute atomic E-state index is 12.4. The molecule has 0 heterocycles. The van der Waals surface area contributed by atoms with E-state index in [9.17, 15) is 14.4 Å². The molecule has 118 valence electrons. The molecular formula is C18H21ClO3. The summed E-state index contributed by atoms with van der Waals surface area (Å²) in [5, 5.41) is 0. The lowest BCUT2D eigenvalue weighted by molar-refractivity contribution is 0.0815. The molecule has 0 amide bonds. The molecule has 0 bridgehead atoms. The van der Waals surface area contributed by atoms with Crippen LogP contribution in [0.4, 0.5) is 0 Å². The number of halogens is 1. The molecule has 1 atom stereocenters. The molecule has 4 heteroatoms. The second-order valence-corrected chi connectivity index (χ2v) is 6.18. The normalized spacial score (nSPS) is 17.5. The fourth-order valence-corrected chi connectivity index (χ4v) is 3.10. The zero-order chi connectivity index (χ0) is 16.1. The first kappa shape index (κ1) is 16.9. The molecule has 22 heavy (non-hydrogen) atoms. The van der Waals surface area contributed by atoms with E-state index in [0.717, 1.165) is 25.7 Å². The lowest BCUT2D eigenvalue weighted by atomic mass is 9.79. The highest BCUT2D eigenvalue weighted by Gasteiger charge is 2.32. The lowest BCUT2D eigenvalue weighted by Crippen LogP contribution is -2.27. The van der Waals surface area contributed by atoms with E-state index < -0.39 is 0 Å².